The molecule has 5 nitrogen and oxygen atoms in total. The second-order valence-electron chi connectivity index (χ2n) is 6.15. The highest BCUT2D eigenvalue weighted by Crippen LogP contribution is 2.25. The summed E-state index contributed by atoms with van der Waals surface area (Å²) >= 11 is 5.98. The first-order valence-corrected chi connectivity index (χ1v) is 8.60. The molecule has 0 atom stereocenters. The number of likely N-dealkylation sites (N-methyl/N-ethyl adjacent to an activating group) is 1. The van der Waals surface area contributed by atoms with Crippen LogP contribution in [-0.2, 0) is 16.1 Å². The molecule has 0 aliphatic rings. The van der Waals surface area contributed by atoms with Crippen LogP contribution in [-0.4, -0.2) is 28.7 Å². The minimum absolute atomic E-state index is 0.117. The Kier molecular flexibility index (Phi) is 5.37. The summed E-state index contributed by atoms with van der Waals surface area (Å²) in [4.78, 5) is 30.2. The molecule has 0 spiro atoms. The minimum Gasteiger partial charge on any atom is -0.333 e. The van der Waals surface area contributed by atoms with E-state index in [2.05, 4.69) is 10.3 Å². The molecule has 1 aromatic heterocycles. The molecule has 0 aliphatic carbocycles. The fraction of sp³-hybridized carbons (Fsp3) is 0.150. The summed E-state index contributed by atoms with van der Waals surface area (Å²) in [6.45, 7) is 1.80. The van der Waals surface area contributed by atoms with Gasteiger partial charge in [-0.3, -0.25) is 14.6 Å². The Bertz CT molecular complexity index is 1020. The van der Waals surface area contributed by atoms with E-state index >= 15 is 0 Å². The van der Waals surface area contributed by atoms with Crippen molar-refractivity contribution in [2.75, 3.05) is 12.4 Å². The lowest BCUT2D eigenvalue weighted by Gasteiger charge is -2.18. The summed E-state index contributed by atoms with van der Waals surface area (Å²) in [6, 6.07) is 11.4. The second-order valence-corrected chi connectivity index (χ2v) is 6.55. The first-order valence-electron chi connectivity index (χ1n) is 8.22. The maximum absolute atomic E-state index is 13.9. The van der Waals surface area contributed by atoms with Crippen LogP contribution in [0.25, 0.3) is 10.9 Å². The Morgan fingerprint density at radius 2 is 1.96 bits per heavy atom. The van der Waals surface area contributed by atoms with Gasteiger partial charge in [-0.1, -0.05) is 23.7 Å². The molecule has 3 aromatic rings. The van der Waals surface area contributed by atoms with E-state index in [0.717, 1.165) is 21.4 Å². The van der Waals surface area contributed by atoms with Crippen LogP contribution >= 0.6 is 11.6 Å². The molecule has 3 rings (SSSR count). The zero-order valence-corrected chi connectivity index (χ0v) is 15.5. The number of fused-ring (bicyclic) bond motifs is 1. The van der Waals surface area contributed by atoms with Crippen molar-refractivity contribution in [2.45, 2.75) is 13.5 Å². The van der Waals surface area contributed by atoms with Gasteiger partial charge in [-0.15, -0.1) is 0 Å². The highest BCUT2D eigenvalue weighted by atomic mass is 35.5. The number of rotatable bonds is 3. The van der Waals surface area contributed by atoms with Gasteiger partial charge < -0.3 is 10.2 Å². The maximum atomic E-state index is 13.9. The predicted molar refractivity (Wildman–Crippen MR) is 103 cm³/mol. The van der Waals surface area contributed by atoms with E-state index in [0.29, 0.717) is 5.69 Å². The van der Waals surface area contributed by atoms with Crippen LogP contribution in [0.4, 0.5) is 10.1 Å². The Hall–Kier alpha value is -2.99. The van der Waals surface area contributed by atoms with Crippen molar-refractivity contribution in [3.8, 4) is 0 Å². The van der Waals surface area contributed by atoms with Crippen LogP contribution in [0.2, 0.25) is 5.02 Å². The number of pyridine rings is 1. The number of hydrogen-bond donors (Lipinski definition) is 1. The Morgan fingerprint density at radius 1 is 1.19 bits per heavy atom. The van der Waals surface area contributed by atoms with Crippen LogP contribution in [0.15, 0.2) is 48.7 Å². The number of aryl methyl sites for hydroxylation is 1. The van der Waals surface area contributed by atoms with Gasteiger partial charge in [0.1, 0.15) is 5.82 Å². The number of halogens is 2. The number of carbonyl (C=O) groups is 2. The molecule has 0 saturated carbocycles. The third kappa shape index (κ3) is 3.90. The van der Waals surface area contributed by atoms with Gasteiger partial charge in [-0.25, -0.2) is 4.39 Å². The zero-order chi connectivity index (χ0) is 19.6. The molecule has 1 N–H and O–H groups in total. The smallest absolute Gasteiger partial charge is 0.313 e. The lowest BCUT2D eigenvalue weighted by Crippen LogP contribution is -2.37. The van der Waals surface area contributed by atoms with Gasteiger partial charge in [0, 0.05) is 29.2 Å². The van der Waals surface area contributed by atoms with Gasteiger partial charge in [0.2, 0.25) is 0 Å². The summed E-state index contributed by atoms with van der Waals surface area (Å²) < 4.78 is 13.9. The van der Waals surface area contributed by atoms with Crippen molar-refractivity contribution >= 4 is 40.0 Å². The molecule has 0 fully saturated rings. The molecule has 2 amide bonds. The van der Waals surface area contributed by atoms with E-state index in [4.69, 9.17) is 11.6 Å². The molecule has 27 heavy (non-hydrogen) atoms. The Morgan fingerprint density at radius 3 is 2.70 bits per heavy atom. The lowest BCUT2D eigenvalue weighted by molar-refractivity contribution is -0.142. The average Bonchev–Trinajstić information content (AvgIpc) is 2.66. The minimum atomic E-state index is -0.820. The van der Waals surface area contributed by atoms with Crippen molar-refractivity contribution in [1.82, 2.24) is 9.88 Å². The summed E-state index contributed by atoms with van der Waals surface area (Å²) in [5.41, 5.74) is 2.35. The standard InChI is InChI=1S/C20H17ClFN3O2/c1-12-8-9-17(13-5-4-10-23-18(12)13)24-19(26)20(27)25(2)11-14-15(21)6-3-7-16(14)22/h3-10H,11H2,1-2H3,(H,24,26). The number of hydrogen-bond acceptors (Lipinski definition) is 3. The van der Waals surface area contributed by atoms with Gasteiger partial charge in [-0.2, -0.15) is 0 Å². The lowest BCUT2D eigenvalue weighted by atomic mass is 10.1. The molecule has 0 unspecified atom stereocenters. The number of carbonyl (C=O) groups excluding carboxylic acids is 2. The topological polar surface area (TPSA) is 62.3 Å². The van der Waals surface area contributed by atoms with Crippen LogP contribution in [0.3, 0.4) is 0 Å². The van der Waals surface area contributed by atoms with E-state index in [-0.39, 0.29) is 17.1 Å². The molecule has 0 radical (unpaired) electrons. The predicted octanol–water partition coefficient (Wildman–Crippen LogP) is 3.93. The molecular weight excluding hydrogens is 369 g/mol. The van der Waals surface area contributed by atoms with E-state index in [9.17, 15) is 14.0 Å². The maximum Gasteiger partial charge on any atom is 0.313 e. The zero-order valence-electron chi connectivity index (χ0n) is 14.8. The van der Waals surface area contributed by atoms with Crippen molar-refractivity contribution < 1.29 is 14.0 Å². The van der Waals surface area contributed by atoms with Crippen molar-refractivity contribution in [3.05, 3.63) is 70.6 Å². The monoisotopic (exact) mass is 385 g/mol. The average molecular weight is 386 g/mol. The van der Waals surface area contributed by atoms with Crippen LogP contribution in [0.5, 0.6) is 0 Å². The van der Waals surface area contributed by atoms with Gasteiger partial charge >= 0.3 is 11.8 Å². The molecule has 0 bridgehead atoms. The molecular formula is C20H17ClFN3O2. The SMILES string of the molecule is Cc1ccc(NC(=O)C(=O)N(C)Cc2c(F)cccc2Cl)c2cccnc12. The third-order valence-electron chi connectivity index (χ3n) is 4.22. The third-order valence-corrected chi connectivity index (χ3v) is 4.57. The van der Waals surface area contributed by atoms with Gasteiger partial charge in [0.15, 0.2) is 0 Å². The fourth-order valence-electron chi connectivity index (χ4n) is 2.76. The number of anilines is 1. The largest absolute Gasteiger partial charge is 0.333 e. The van der Waals surface area contributed by atoms with Crippen molar-refractivity contribution in [2.24, 2.45) is 0 Å². The van der Waals surface area contributed by atoms with E-state index in [1.807, 2.05) is 19.1 Å². The molecule has 0 saturated heterocycles. The normalized spacial score (nSPS) is 10.7. The van der Waals surface area contributed by atoms with Gasteiger partial charge in [-0.05, 0) is 42.8 Å². The summed E-state index contributed by atoms with van der Waals surface area (Å²) in [5, 5.41) is 3.55. The second kappa shape index (κ2) is 7.72. The summed E-state index contributed by atoms with van der Waals surface area (Å²) in [7, 11) is 1.42. The summed E-state index contributed by atoms with van der Waals surface area (Å²) in [5.74, 6) is -2.15. The molecule has 0 aliphatic heterocycles. The molecule has 7 heteroatoms. The van der Waals surface area contributed by atoms with Crippen LogP contribution in [0, 0.1) is 12.7 Å². The Labute approximate surface area is 160 Å². The van der Waals surface area contributed by atoms with E-state index in [1.54, 1.807) is 18.3 Å². The first-order chi connectivity index (χ1) is 12.9. The number of benzene rings is 2. The number of aromatic nitrogens is 1. The fourth-order valence-corrected chi connectivity index (χ4v) is 2.99. The van der Waals surface area contributed by atoms with Gasteiger partial charge in [0.05, 0.1) is 17.7 Å². The molecule has 138 valence electrons. The van der Waals surface area contributed by atoms with E-state index in [1.165, 1.54) is 25.2 Å². The molecule has 1 heterocycles. The quantitative estimate of drug-likeness (QED) is 0.695. The number of nitrogens with one attached hydrogen (secondary N) is 1. The van der Waals surface area contributed by atoms with Crippen LogP contribution in [0.1, 0.15) is 11.1 Å². The Balaban J connectivity index is 1.78. The summed E-state index contributed by atoms with van der Waals surface area (Å²) in [6.07, 6.45) is 1.66. The van der Waals surface area contributed by atoms with Crippen molar-refractivity contribution in [1.29, 1.82) is 0 Å². The number of amides is 2. The van der Waals surface area contributed by atoms with Crippen LogP contribution < -0.4 is 5.32 Å². The molecule has 2 aromatic carbocycles. The first kappa shape index (κ1) is 18.8. The van der Waals surface area contributed by atoms with Crippen molar-refractivity contribution in [3.63, 3.8) is 0 Å². The highest BCUT2D eigenvalue weighted by Gasteiger charge is 2.21. The van der Waals surface area contributed by atoms with Gasteiger partial charge in [0.25, 0.3) is 0 Å². The van der Waals surface area contributed by atoms with E-state index < -0.39 is 17.6 Å². The number of nitrogens with zero attached hydrogens (tertiary/aromatic N) is 2. The highest BCUT2D eigenvalue weighted by molar-refractivity contribution is 6.40.